The molecule has 0 aliphatic carbocycles. The lowest BCUT2D eigenvalue weighted by atomic mass is 9.79. The minimum absolute atomic E-state index is 0.0672. The third-order valence-electron chi connectivity index (χ3n) is 6.16. The number of benzene rings is 2. The molecule has 0 saturated carbocycles. The third kappa shape index (κ3) is 5.32. The van der Waals surface area contributed by atoms with Gasteiger partial charge in [0.25, 0.3) is 0 Å². The number of methoxy groups -OCH3 is 1. The first-order valence-corrected chi connectivity index (χ1v) is 11.3. The largest absolute Gasteiger partial charge is 0.496 e. The van der Waals surface area contributed by atoms with Crippen molar-refractivity contribution >= 4 is 11.8 Å². The Hall–Kier alpha value is -2.82. The molecule has 2 aromatic rings. The van der Waals surface area contributed by atoms with Crippen molar-refractivity contribution in [3.8, 4) is 16.9 Å². The zero-order chi connectivity index (χ0) is 23.5. The molecule has 0 aromatic heterocycles. The van der Waals surface area contributed by atoms with E-state index in [1.807, 2.05) is 29.2 Å². The first kappa shape index (κ1) is 23.8. The second-order valence-corrected chi connectivity index (χ2v) is 10.4. The van der Waals surface area contributed by atoms with Gasteiger partial charge in [-0.25, -0.2) is 0 Å². The topological polar surface area (TPSA) is 49.9 Å². The van der Waals surface area contributed by atoms with Crippen LogP contribution >= 0.6 is 0 Å². The number of amides is 2. The van der Waals surface area contributed by atoms with Gasteiger partial charge >= 0.3 is 0 Å². The zero-order valence-electron chi connectivity index (χ0n) is 20.3. The van der Waals surface area contributed by atoms with Crippen molar-refractivity contribution in [1.82, 2.24) is 9.80 Å². The van der Waals surface area contributed by atoms with Crippen molar-refractivity contribution in [2.45, 2.75) is 40.0 Å². The van der Waals surface area contributed by atoms with Crippen LogP contribution in [0.25, 0.3) is 11.1 Å². The summed E-state index contributed by atoms with van der Waals surface area (Å²) in [6.07, 6.45) is 1.80. The Balaban J connectivity index is 1.83. The van der Waals surface area contributed by atoms with Gasteiger partial charge < -0.3 is 14.5 Å². The summed E-state index contributed by atoms with van der Waals surface area (Å²) in [5.74, 6) is 1.07. The van der Waals surface area contributed by atoms with Crippen LogP contribution in [0.2, 0.25) is 0 Å². The quantitative estimate of drug-likeness (QED) is 0.662. The van der Waals surface area contributed by atoms with E-state index >= 15 is 0 Å². The van der Waals surface area contributed by atoms with E-state index in [0.717, 1.165) is 22.4 Å². The van der Waals surface area contributed by atoms with Gasteiger partial charge in [-0.1, -0.05) is 63.2 Å². The maximum Gasteiger partial charge on any atom is 0.230 e. The van der Waals surface area contributed by atoms with Crippen LogP contribution < -0.4 is 4.74 Å². The molecule has 1 aliphatic rings. The van der Waals surface area contributed by atoms with Crippen molar-refractivity contribution in [3.05, 3.63) is 54.1 Å². The number of ether oxygens (including phenoxy) is 1. The van der Waals surface area contributed by atoms with Crippen molar-refractivity contribution in [2.75, 3.05) is 34.3 Å². The predicted molar refractivity (Wildman–Crippen MR) is 129 cm³/mol. The second kappa shape index (κ2) is 9.35. The molecular weight excluding hydrogens is 400 g/mol. The molecule has 0 bridgehead atoms. The van der Waals surface area contributed by atoms with E-state index < -0.39 is 5.41 Å². The molecule has 3 rings (SSSR count). The van der Waals surface area contributed by atoms with Gasteiger partial charge in [0.15, 0.2) is 0 Å². The zero-order valence-corrected chi connectivity index (χ0v) is 20.3. The summed E-state index contributed by atoms with van der Waals surface area (Å²) in [6, 6.07) is 16.3. The second-order valence-electron chi connectivity index (χ2n) is 10.4. The normalized spacial score (nSPS) is 18.5. The molecule has 172 valence electrons. The van der Waals surface area contributed by atoms with E-state index in [0.29, 0.717) is 32.4 Å². The molecule has 1 heterocycles. The number of hydrogen-bond donors (Lipinski definition) is 0. The van der Waals surface area contributed by atoms with Crippen LogP contribution in [-0.4, -0.2) is 55.9 Å². The van der Waals surface area contributed by atoms with Gasteiger partial charge in [0.1, 0.15) is 5.75 Å². The highest BCUT2D eigenvalue weighted by molar-refractivity contribution is 5.85. The summed E-state index contributed by atoms with van der Waals surface area (Å²) >= 11 is 0. The Morgan fingerprint density at radius 2 is 1.72 bits per heavy atom. The Bertz CT molecular complexity index is 960. The summed E-state index contributed by atoms with van der Waals surface area (Å²) in [5.41, 5.74) is 2.57. The Labute approximate surface area is 192 Å². The van der Waals surface area contributed by atoms with Crippen LogP contribution in [0.5, 0.6) is 5.75 Å². The van der Waals surface area contributed by atoms with Gasteiger partial charge in [0.2, 0.25) is 11.8 Å². The molecular formula is C27H36N2O3. The molecule has 2 aromatic carbocycles. The highest BCUT2D eigenvalue weighted by Gasteiger charge is 2.46. The number of nitrogens with zero attached hydrogens (tertiary/aromatic N) is 2. The molecule has 0 spiro atoms. The summed E-state index contributed by atoms with van der Waals surface area (Å²) in [5, 5.41) is 0. The van der Waals surface area contributed by atoms with Gasteiger partial charge in [-0.15, -0.1) is 0 Å². The summed E-state index contributed by atoms with van der Waals surface area (Å²) in [7, 11) is 5.28. The Morgan fingerprint density at radius 3 is 2.31 bits per heavy atom. The number of rotatable bonds is 6. The fraction of sp³-hybridized carbons (Fsp3) is 0.481. The number of para-hydroxylation sites is 1. The lowest BCUT2D eigenvalue weighted by molar-refractivity contribution is -0.140. The van der Waals surface area contributed by atoms with E-state index in [2.05, 4.69) is 45.0 Å². The van der Waals surface area contributed by atoms with Gasteiger partial charge in [-0.05, 0) is 35.4 Å². The first-order valence-electron chi connectivity index (χ1n) is 11.3. The minimum Gasteiger partial charge on any atom is -0.496 e. The maximum absolute atomic E-state index is 13.3. The minimum atomic E-state index is -0.580. The van der Waals surface area contributed by atoms with Crippen molar-refractivity contribution in [2.24, 2.45) is 10.8 Å². The van der Waals surface area contributed by atoms with Crippen LogP contribution in [0.1, 0.15) is 39.2 Å². The van der Waals surface area contributed by atoms with Crippen molar-refractivity contribution in [1.29, 1.82) is 0 Å². The van der Waals surface area contributed by atoms with Crippen molar-refractivity contribution < 1.29 is 14.3 Å². The predicted octanol–water partition coefficient (Wildman–Crippen LogP) is 4.65. The molecule has 0 unspecified atom stereocenters. The fourth-order valence-corrected chi connectivity index (χ4v) is 4.60. The molecule has 5 nitrogen and oxygen atoms in total. The van der Waals surface area contributed by atoms with Gasteiger partial charge in [0.05, 0.1) is 12.5 Å². The number of likely N-dealkylation sites (tertiary alicyclic amines) is 1. The monoisotopic (exact) mass is 436 g/mol. The van der Waals surface area contributed by atoms with E-state index in [9.17, 15) is 9.59 Å². The molecule has 1 saturated heterocycles. The summed E-state index contributed by atoms with van der Waals surface area (Å²) < 4.78 is 5.49. The smallest absolute Gasteiger partial charge is 0.230 e. The molecule has 0 radical (unpaired) electrons. The number of hydrogen-bond acceptors (Lipinski definition) is 3. The van der Waals surface area contributed by atoms with Crippen LogP contribution in [0, 0.1) is 10.8 Å². The number of carbonyl (C=O) groups is 2. The van der Waals surface area contributed by atoms with E-state index in [4.69, 9.17) is 4.74 Å². The molecule has 0 N–H and O–H groups in total. The van der Waals surface area contributed by atoms with Crippen LogP contribution in [-0.2, 0) is 16.0 Å². The molecule has 1 atom stereocenters. The highest BCUT2D eigenvalue weighted by atomic mass is 16.5. The lowest BCUT2D eigenvalue weighted by Crippen LogP contribution is -2.45. The van der Waals surface area contributed by atoms with Gasteiger partial charge in [-0.3, -0.25) is 9.59 Å². The first-order chi connectivity index (χ1) is 15.0. The van der Waals surface area contributed by atoms with Crippen molar-refractivity contribution in [3.63, 3.8) is 0 Å². The van der Waals surface area contributed by atoms with Crippen LogP contribution in [0.3, 0.4) is 0 Å². The standard InChI is InChI=1S/C27H36N2O3/c1-26(2,3)18-24(30)29-16-15-27(19-29,25(31)28(4)5)17-20-11-13-21(14-12-20)22-9-7-8-10-23(22)32-6/h7-14H,15-19H2,1-6H3/t27-/m1/s1. The Morgan fingerprint density at radius 1 is 1.06 bits per heavy atom. The molecule has 1 fully saturated rings. The Kier molecular flexibility index (Phi) is 6.97. The van der Waals surface area contributed by atoms with Crippen LogP contribution in [0.4, 0.5) is 0 Å². The van der Waals surface area contributed by atoms with Crippen LogP contribution in [0.15, 0.2) is 48.5 Å². The highest BCUT2D eigenvalue weighted by Crippen LogP contribution is 2.38. The molecule has 1 aliphatic heterocycles. The molecule has 5 heteroatoms. The summed E-state index contributed by atoms with van der Waals surface area (Å²) in [6.45, 7) is 7.33. The lowest BCUT2D eigenvalue weighted by Gasteiger charge is -2.31. The molecule has 32 heavy (non-hydrogen) atoms. The third-order valence-corrected chi connectivity index (χ3v) is 6.16. The average Bonchev–Trinajstić information content (AvgIpc) is 3.18. The molecule has 2 amide bonds. The average molecular weight is 437 g/mol. The summed E-state index contributed by atoms with van der Waals surface area (Å²) in [4.78, 5) is 29.7. The van der Waals surface area contributed by atoms with E-state index in [1.54, 1.807) is 26.1 Å². The SMILES string of the molecule is COc1ccccc1-c1ccc(C[C@]2(C(=O)N(C)C)CCN(C(=O)CC(C)(C)C)C2)cc1. The van der Waals surface area contributed by atoms with Gasteiger partial charge in [0, 0.05) is 39.2 Å². The maximum atomic E-state index is 13.3. The van der Waals surface area contributed by atoms with E-state index in [1.165, 1.54) is 0 Å². The fourth-order valence-electron chi connectivity index (χ4n) is 4.60. The van der Waals surface area contributed by atoms with Gasteiger partial charge in [-0.2, -0.15) is 0 Å². The number of carbonyl (C=O) groups excluding carboxylic acids is 2. The van der Waals surface area contributed by atoms with E-state index in [-0.39, 0.29) is 17.2 Å².